The summed E-state index contributed by atoms with van der Waals surface area (Å²) in [6.07, 6.45) is 3.81. The van der Waals surface area contributed by atoms with Gasteiger partial charge in [0.1, 0.15) is 5.01 Å². The Hall–Kier alpha value is -1.23. The molecule has 1 unspecified atom stereocenters. The molecule has 118 valence electrons. The second-order valence-corrected chi connectivity index (χ2v) is 7.12. The van der Waals surface area contributed by atoms with E-state index in [2.05, 4.69) is 53.8 Å². The number of aryl methyl sites for hydroxylation is 1. The molecular weight excluding hydrogens is 290 g/mol. The van der Waals surface area contributed by atoms with Gasteiger partial charge in [-0.1, -0.05) is 29.8 Å². The van der Waals surface area contributed by atoms with Crippen LogP contribution in [0.4, 0.5) is 0 Å². The first-order chi connectivity index (χ1) is 10.7. The van der Waals surface area contributed by atoms with Gasteiger partial charge in [-0.15, -0.1) is 11.3 Å². The molecule has 4 heteroatoms. The van der Waals surface area contributed by atoms with Crippen LogP contribution >= 0.6 is 11.3 Å². The lowest BCUT2D eigenvalue weighted by molar-refractivity contribution is 0.214. The van der Waals surface area contributed by atoms with Crippen molar-refractivity contribution in [3.8, 4) is 10.6 Å². The van der Waals surface area contributed by atoms with E-state index in [1.807, 2.05) is 0 Å². The second kappa shape index (κ2) is 7.36. The molecule has 1 N–H and O–H groups in total. The van der Waals surface area contributed by atoms with E-state index in [1.54, 1.807) is 11.3 Å². The quantitative estimate of drug-likeness (QED) is 0.932. The van der Waals surface area contributed by atoms with Crippen LogP contribution in [0, 0.1) is 6.92 Å². The van der Waals surface area contributed by atoms with Gasteiger partial charge < -0.3 is 5.32 Å². The molecule has 1 aliphatic rings. The van der Waals surface area contributed by atoms with Crippen molar-refractivity contribution in [3.63, 3.8) is 0 Å². The summed E-state index contributed by atoms with van der Waals surface area (Å²) in [6.45, 7) is 5.37. The van der Waals surface area contributed by atoms with E-state index in [4.69, 9.17) is 4.98 Å². The predicted octanol–water partition coefficient (Wildman–Crippen LogP) is 3.69. The number of thiazole rings is 1. The smallest absolute Gasteiger partial charge is 0.123 e. The predicted molar refractivity (Wildman–Crippen MR) is 94.3 cm³/mol. The van der Waals surface area contributed by atoms with E-state index in [0.29, 0.717) is 6.04 Å². The van der Waals surface area contributed by atoms with Crippen LogP contribution < -0.4 is 5.32 Å². The molecule has 1 saturated heterocycles. The number of rotatable bonds is 4. The number of nitrogens with zero attached hydrogens (tertiary/aromatic N) is 2. The Bertz CT molecular complexity index is 583. The molecule has 2 aromatic rings. The number of hydrogen-bond donors (Lipinski definition) is 1. The summed E-state index contributed by atoms with van der Waals surface area (Å²) >= 11 is 1.75. The molecule has 1 atom stereocenters. The zero-order valence-corrected chi connectivity index (χ0v) is 14.3. The van der Waals surface area contributed by atoms with Gasteiger partial charge in [0.05, 0.1) is 5.69 Å². The molecule has 0 aliphatic carbocycles. The van der Waals surface area contributed by atoms with E-state index in [-0.39, 0.29) is 0 Å². The molecular formula is C18H25N3S. The monoisotopic (exact) mass is 315 g/mol. The van der Waals surface area contributed by atoms with Crippen LogP contribution in [0.2, 0.25) is 0 Å². The minimum absolute atomic E-state index is 0.680. The third-order valence-corrected chi connectivity index (χ3v) is 5.37. The van der Waals surface area contributed by atoms with Crippen LogP contribution in [-0.4, -0.2) is 36.1 Å². The minimum Gasteiger partial charge on any atom is -0.317 e. The molecule has 22 heavy (non-hydrogen) atoms. The average molecular weight is 315 g/mol. The summed E-state index contributed by atoms with van der Waals surface area (Å²) in [4.78, 5) is 7.30. The van der Waals surface area contributed by atoms with E-state index >= 15 is 0 Å². The van der Waals surface area contributed by atoms with Gasteiger partial charge in [-0.25, -0.2) is 4.98 Å². The van der Waals surface area contributed by atoms with Gasteiger partial charge in [0.15, 0.2) is 0 Å². The van der Waals surface area contributed by atoms with Crippen molar-refractivity contribution in [1.29, 1.82) is 0 Å². The van der Waals surface area contributed by atoms with E-state index < -0.39 is 0 Å². The third-order valence-electron chi connectivity index (χ3n) is 4.43. The third kappa shape index (κ3) is 3.94. The van der Waals surface area contributed by atoms with Crippen molar-refractivity contribution >= 4 is 11.3 Å². The topological polar surface area (TPSA) is 28.2 Å². The summed E-state index contributed by atoms with van der Waals surface area (Å²) < 4.78 is 0. The first-order valence-electron chi connectivity index (χ1n) is 8.15. The minimum atomic E-state index is 0.680. The van der Waals surface area contributed by atoms with Crippen molar-refractivity contribution in [2.75, 3.05) is 20.1 Å². The summed E-state index contributed by atoms with van der Waals surface area (Å²) in [5.41, 5.74) is 3.71. The van der Waals surface area contributed by atoms with E-state index in [0.717, 1.165) is 18.1 Å². The number of aromatic nitrogens is 1. The van der Waals surface area contributed by atoms with Crippen molar-refractivity contribution < 1.29 is 0 Å². The van der Waals surface area contributed by atoms with E-state index in [9.17, 15) is 0 Å². The molecule has 0 radical (unpaired) electrons. The van der Waals surface area contributed by atoms with Crippen LogP contribution in [0.1, 0.15) is 30.5 Å². The highest BCUT2D eigenvalue weighted by Gasteiger charge is 2.17. The Kier molecular flexibility index (Phi) is 5.24. The first kappa shape index (κ1) is 15.7. The van der Waals surface area contributed by atoms with Crippen molar-refractivity contribution in [2.24, 2.45) is 0 Å². The fraction of sp³-hybridized carbons (Fsp3) is 0.500. The summed E-state index contributed by atoms with van der Waals surface area (Å²) in [5.74, 6) is 0. The lowest BCUT2D eigenvalue weighted by Gasteiger charge is -2.25. The second-order valence-electron chi connectivity index (χ2n) is 6.26. The molecule has 0 bridgehead atoms. The number of benzene rings is 1. The molecule has 1 aromatic carbocycles. The maximum Gasteiger partial charge on any atom is 0.123 e. The average Bonchev–Trinajstić information content (AvgIpc) is 2.81. The Morgan fingerprint density at radius 1 is 1.23 bits per heavy atom. The van der Waals surface area contributed by atoms with Crippen molar-refractivity contribution in [1.82, 2.24) is 15.2 Å². The zero-order valence-electron chi connectivity index (χ0n) is 13.5. The van der Waals surface area contributed by atoms with Crippen LogP contribution in [0.25, 0.3) is 10.6 Å². The molecule has 0 saturated carbocycles. The molecule has 3 rings (SSSR count). The highest BCUT2D eigenvalue weighted by Crippen LogP contribution is 2.25. The molecule has 1 aromatic heterocycles. The molecule has 1 aliphatic heterocycles. The Morgan fingerprint density at radius 3 is 2.86 bits per heavy atom. The van der Waals surface area contributed by atoms with Gasteiger partial charge in [0.2, 0.25) is 0 Å². The van der Waals surface area contributed by atoms with Crippen LogP contribution in [-0.2, 0) is 6.54 Å². The molecule has 3 nitrogen and oxygen atoms in total. The molecule has 1 fully saturated rings. The Morgan fingerprint density at radius 2 is 2.05 bits per heavy atom. The SMILES string of the molecule is Cc1ccc(-c2nc(CN(C)C3CCCNCC3)cs2)cc1. The maximum absolute atomic E-state index is 4.83. The lowest BCUT2D eigenvalue weighted by atomic mass is 10.1. The van der Waals surface area contributed by atoms with Gasteiger partial charge in [0, 0.05) is 23.5 Å². The highest BCUT2D eigenvalue weighted by molar-refractivity contribution is 7.13. The van der Waals surface area contributed by atoms with Gasteiger partial charge in [0.25, 0.3) is 0 Å². The Labute approximate surface area is 137 Å². The summed E-state index contributed by atoms with van der Waals surface area (Å²) in [5, 5.41) is 6.83. The molecule has 2 heterocycles. The fourth-order valence-electron chi connectivity index (χ4n) is 3.03. The number of nitrogens with one attached hydrogen (secondary N) is 1. The van der Waals surface area contributed by atoms with Gasteiger partial charge in [-0.2, -0.15) is 0 Å². The van der Waals surface area contributed by atoms with Crippen LogP contribution in [0.5, 0.6) is 0 Å². The standard InChI is InChI=1S/C18H25N3S/c1-14-5-7-15(8-6-14)18-20-16(13-22-18)12-21(2)17-4-3-10-19-11-9-17/h5-8,13,17,19H,3-4,9-12H2,1-2H3. The Balaban J connectivity index is 1.64. The summed E-state index contributed by atoms with van der Waals surface area (Å²) in [6, 6.07) is 9.32. The largest absolute Gasteiger partial charge is 0.317 e. The normalized spacial score (nSPS) is 19.3. The van der Waals surface area contributed by atoms with Gasteiger partial charge in [-0.05, 0) is 46.3 Å². The van der Waals surface area contributed by atoms with Crippen molar-refractivity contribution in [2.45, 2.75) is 38.8 Å². The summed E-state index contributed by atoms with van der Waals surface area (Å²) in [7, 11) is 2.24. The first-order valence-corrected chi connectivity index (χ1v) is 9.03. The lowest BCUT2D eigenvalue weighted by Crippen LogP contribution is -2.32. The highest BCUT2D eigenvalue weighted by atomic mass is 32.1. The maximum atomic E-state index is 4.83. The van der Waals surface area contributed by atoms with Crippen LogP contribution in [0.15, 0.2) is 29.6 Å². The zero-order chi connectivity index (χ0) is 15.4. The van der Waals surface area contributed by atoms with Gasteiger partial charge in [-0.3, -0.25) is 4.90 Å². The number of hydrogen-bond acceptors (Lipinski definition) is 4. The van der Waals surface area contributed by atoms with E-state index in [1.165, 1.54) is 42.6 Å². The van der Waals surface area contributed by atoms with Crippen molar-refractivity contribution in [3.05, 3.63) is 40.9 Å². The molecule has 0 amide bonds. The van der Waals surface area contributed by atoms with Crippen LogP contribution in [0.3, 0.4) is 0 Å². The fourth-order valence-corrected chi connectivity index (χ4v) is 3.85. The van der Waals surface area contributed by atoms with Gasteiger partial charge >= 0.3 is 0 Å². The molecule has 0 spiro atoms.